The van der Waals surface area contributed by atoms with E-state index in [2.05, 4.69) is 76.6 Å². The van der Waals surface area contributed by atoms with E-state index >= 15 is 0 Å². The molecule has 1 amide bonds. The van der Waals surface area contributed by atoms with E-state index in [0.717, 1.165) is 27.0 Å². The zero-order chi connectivity index (χ0) is 20.2. The van der Waals surface area contributed by atoms with Crippen LogP contribution in [0.15, 0.2) is 108 Å². The van der Waals surface area contributed by atoms with Crippen molar-refractivity contribution in [3.8, 4) is 22.3 Å². The van der Waals surface area contributed by atoms with Crippen LogP contribution in [0.5, 0.6) is 0 Å². The van der Waals surface area contributed by atoms with Crippen molar-refractivity contribution in [2.24, 2.45) is 0 Å². The molecule has 0 aliphatic heterocycles. The molecule has 0 bridgehead atoms. The van der Waals surface area contributed by atoms with Crippen molar-refractivity contribution in [1.82, 2.24) is 0 Å². The highest BCUT2D eigenvalue weighted by molar-refractivity contribution is 9.10. The summed E-state index contributed by atoms with van der Waals surface area (Å²) in [7, 11) is 0. The molecule has 4 rings (SSSR count). The second-order valence-corrected chi connectivity index (χ2v) is 7.74. The molecule has 0 aliphatic rings. The Bertz CT molecular complexity index is 1100. The molecule has 0 aliphatic carbocycles. The summed E-state index contributed by atoms with van der Waals surface area (Å²) in [4.78, 5) is 13.9. The Kier molecular flexibility index (Phi) is 5.59. The Morgan fingerprint density at radius 3 is 1.41 bits per heavy atom. The molecule has 0 saturated carbocycles. The van der Waals surface area contributed by atoms with Gasteiger partial charge in [0.25, 0.3) is 0 Å². The lowest BCUT2D eigenvalue weighted by molar-refractivity contribution is -0.115. The van der Waals surface area contributed by atoms with Crippen LogP contribution in [-0.4, -0.2) is 5.91 Å². The van der Waals surface area contributed by atoms with E-state index < -0.39 is 0 Å². The van der Waals surface area contributed by atoms with E-state index in [9.17, 15) is 4.79 Å². The Balaban J connectivity index is 1.59. The average molecular weight is 442 g/mol. The van der Waals surface area contributed by atoms with Gasteiger partial charge >= 0.3 is 0 Å². The highest BCUT2D eigenvalue weighted by Crippen LogP contribution is 2.30. The lowest BCUT2D eigenvalue weighted by Crippen LogP contribution is -2.22. The minimum atomic E-state index is -0.0113. The van der Waals surface area contributed by atoms with Crippen LogP contribution in [0.25, 0.3) is 22.3 Å². The first-order valence-corrected chi connectivity index (χ1v) is 10.2. The number of carbonyl (C=O) groups excluding carboxylic acids is 1. The van der Waals surface area contributed by atoms with Gasteiger partial charge in [-0.15, -0.1) is 0 Å². The topological polar surface area (TPSA) is 20.3 Å². The predicted octanol–water partition coefficient (Wildman–Crippen LogP) is 7.47. The van der Waals surface area contributed by atoms with E-state index in [4.69, 9.17) is 0 Å². The Hall–Kier alpha value is -3.17. The highest BCUT2D eigenvalue weighted by atomic mass is 79.9. The Morgan fingerprint density at radius 1 is 0.586 bits per heavy atom. The van der Waals surface area contributed by atoms with Gasteiger partial charge in [0.15, 0.2) is 0 Å². The molecule has 2 nitrogen and oxygen atoms in total. The first-order valence-electron chi connectivity index (χ1n) is 9.44. The number of hydrogen-bond donors (Lipinski definition) is 0. The third kappa shape index (κ3) is 4.30. The maximum Gasteiger partial charge on any atom is 0.228 e. The van der Waals surface area contributed by atoms with Gasteiger partial charge in [-0.05, 0) is 58.7 Å². The number of halogens is 1. The minimum absolute atomic E-state index is 0.0113. The summed E-state index contributed by atoms with van der Waals surface area (Å²) in [5.41, 5.74) is 6.37. The van der Waals surface area contributed by atoms with Gasteiger partial charge in [0.05, 0.1) is 0 Å². The highest BCUT2D eigenvalue weighted by Gasteiger charge is 2.13. The lowest BCUT2D eigenvalue weighted by Gasteiger charge is -2.21. The number of anilines is 2. The molecular formula is C26H20BrNO. The van der Waals surface area contributed by atoms with Crippen molar-refractivity contribution in [2.45, 2.75) is 6.92 Å². The number of para-hydroxylation sites is 1. The summed E-state index contributed by atoms with van der Waals surface area (Å²) in [6.45, 7) is 1.59. The van der Waals surface area contributed by atoms with Crippen LogP contribution in [0.2, 0.25) is 0 Å². The predicted molar refractivity (Wildman–Crippen MR) is 124 cm³/mol. The van der Waals surface area contributed by atoms with E-state index in [-0.39, 0.29) is 5.91 Å². The zero-order valence-corrected chi connectivity index (χ0v) is 17.6. The smallest absolute Gasteiger partial charge is 0.228 e. The van der Waals surface area contributed by atoms with Crippen LogP contribution >= 0.6 is 15.9 Å². The Morgan fingerprint density at radius 2 is 0.966 bits per heavy atom. The molecule has 3 heteroatoms. The molecule has 4 aromatic rings. The normalized spacial score (nSPS) is 10.6. The monoisotopic (exact) mass is 441 g/mol. The van der Waals surface area contributed by atoms with Gasteiger partial charge in [-0.2, -0.15) is 0 Å². The zero-order valence-electron chi connectivity index (χ0n) is 16.0. The summed E-state index contributed by atoms with van der Waals surface area (Å²) in [6, 6.07) is 34.7. The fraction of sp³-hybridized carbons (Fsp3) is 0.0385. The molecule has 142 valence electrons. The van der Waals surface area contributed by atoms with Gasteiger partial charge in [-0.3, -0.25) is 9.69 Å². The fourth-order valence-corrected chi connectivity index (χ4v) is 3.65. The first kappa shape index (κ1) is 19.2. The lowest BCUT2D eigenvalue weighted by atomic mass is 10.00. The molecule has 0 heterocycles. The average Bonchev–Trinajstić information content (AvgIpc) is 2.76. The molecule has 0 unspecified atom stereocenters. The molecule has 0 fully saturated rings. The van der Waals surface area contributed by atoms with E-state index in [1.165, 1.54) is 11.1 Å². The van der Waals surface area contributed by atoms with Crippen LogP contribution in [0, 0.1) is 0 Å². The van der Waals surface area contributed by atoms with Gasteiger partial charge in [-0.25, -0.2) is 0 Å². The molecule has 0 radical (unpaired) electrons. The van der Waals surface area contributed by atoms with Gasteiger partial charge in [-0.1, -0.05) is 82.7 Å². The number of hydrogen-bond acceptors (Lipinski definition) is 1. The molecule has 0 aromatic heterocycles. The standard InChI is InChI=1S/C26H20BrNO/c1-19(29)28(25-5-3-2-4-6-25)26-17-13-23(14-18-26)21-9-7-20(8-10-21)22-11-15-24(27)16-12-22/h2-18H,1H3. The van der Waals surface area contributed by atoms with Crippen molar-refractivity contribution < 1.29 is 4.79 Å². The number of amides is 1. The molecule has 4 aromatic carbocycles. The summed E-state index contributed by atoms with van der Waals surface area (Å²) in [5.74, 6) is -0.0113. The van der Waals surface area contributed by atoms with Crippen LogP contribution in [0.1, 0.15) is 6.92 Å². The molecule has 0 saturated heterocycles. The molecule has 0 spiro atoms. The van der Waals surface area contributed by atoms with Gasteiger partial charge in [0.1, 0.15) is 0 Å². The van der Waals surface area contributed by atoms with Crippen LogP contribution in [0.3, 0.4) is 0 Å². The molecular weight excluding hydrogens is 422 g/mol. The van der Waals surface area contributed by atoms with Crippen molar-refractivity contribution in [2.75, 3.05) is 4.90 Å². The van der Waals surface area contributed by atoms with Crippen LogP contribution in [0.4, 0.5) is 11.4 Å². The second-order valence-electron chi connectivity index (χ2n) is 6.82. The second kappa shape index (κ2) is 8.46. The number of rotatable bonds is 4. The largest absolute Gasteiger partial charge is 0.281 e. The summed E-state index contributed by atoms with van der Waals surface area (Å²) in [6.07, 6.45) is 0. The van der Waals surface area contributed by atoms with E-state index in [1.54, 1.807) is 11.8 Å². The quantitative estimate of drug-likeness (QED) is 0.321. The van der Waals surface area contributed by atoms with Gasteiger partial charge < -0.3 is 0 Å². The third-order valence-electron chi connectivity index (χ3n) is 4.85. The van der Waals surface area contributed by atoms with Crippen molar-refractivity contribution in [3.63, 3.8) is 0 Å². The summed E-state index contributed by atoms with van der Waals surface area (Å²) < 4.78 is 1.08. The summed E-state index contributed by atoms with van der Waals surface area (Å²) >= 11 is 3.48. The van der Waals surface area contributed by atoms with E-state index in [0.29, 0.717) is 0 Å². The van der Waals surface area contributed by atoms with Crippen molar-refractivity contribution in [3.05, 3.63) is 108 Å². The maximum atomic E-state index is 12.2. The van der Waals surface area contributed by atoms with Gasteiger partial charge in [0.2, 0.25) is 5.91 Å². The summed E-state index contributed by atoms with van der Waals surface area (Å²) in [5, 5.41) is 0. The Labute approximate surface area is 179 Å². The SMILES string of the molecule is CC(=O)N(c1ccccc1)c1ccc(-c2ccc(-c3ccc(Br)cc3)cc2)cc1. The van der Waals surface area contributed by atoms with Crippen LogP contribution in [-0.2, 0) is 4.79 Å². The first-order chi connectivity index (χ1) is 14.1. The molecule has 29 heavy (non-hydrogen) atoms. The number of nitrogens with zero attached hydrogens (tertiary/aromatic N) is 1. The number of carbonyl (C=O) groups is 1. The number of benzene rings is 4. The van der Waals surface area contributed by atoms with Gasteiger partial charge in [0, 0.05) is 22.8 Å². The van der Waals surface area contributed by atoms with Crippen LogP contribution < -0.4 is 4.90 Å². The maximum absolute atomic E-state index is 12.2. The fourth-order valence-electron chi connectivity index (χ4n) is 3.39. The van der Waals surface area contributed by atoms with Crippen molar-refractivity contribution in [1.29, 1.82) is 0 Å². The minimum Gasteiger partial charge on any atom is -0.281 e. The third-order valence-corrected chi connectivity index (χ3v) is 5.38. The van der Waals surface area contributed by atoms with E-state index in [1.807, 2.05) is 42.5 Å². The molecule has 0 atom stereocenters. The molecule has 0 N–H and O–H groups in total. The van der Waals surface area contributed by atoms with Crippen molar-refractivity contribution >= 4 is 33.2 Å².